The van der Waals surface area contributed by atoms with Crippen LogP contribution in [0.3, 0.4) is 0 Å². The summed E-state index contributed by atoms with van der Waals surface area (Å²) in [5, 5.41) is 5.97. The largest absolute Gasteiger partial charge is 0.494 e. The van der Waals surface area contributed by atoms with E-state index in [2.05, 4.69) is 10.5 Å². The van der Waals surface area contributed by atoms with E-state index in [0.717, 1.165) is 10.8 Å². The summed E-state index contributed by atoms with van der Waals surface area (Å²) in [6.45, 7) is 4.08. The van der Waals surface area contributed by atoms with Gasteiger partial charge in [0.1, 0.15) is 11.5 Å². The smallest absolute Gasteiger partial charge is 0.343 e. The van der Waals surface area contributed by atoms with Gasteiger partial charge in [-0.15, -0.1) is 0 Å². The number of ether oxygens (including phenoxy) is 4. The average Bonchev–Trinajstić information content (AvgIpc) is 2.94. The highest BCUT2D eigenvalue weighted by Gasteiger charge is 2.16. The second kappa shape index (κ2) is 12.4. The predicted molar refractivity (Wildman–Crippen MR) is 145 cm³/mol. The van der Waals surface area contributed by atoms with Gasteiger partial charge in [0.25, 0.3) is 5.91 Å². The molecule has 194 valence electrons. The molecule has 1 atom stereocenters. The SMILES string of the molecule is CCOc1ccc(C(=O)Oc2ccc(/C=N\NC(=O)[C@H](C)Oc3cccc4ccccc34)cc2OC)cc1. The van der Waals surface area contributed by atoms with Gasteiger partial charge in [-0.1, -0.05) is 36.4 Å². The van der Waals surface area contributed by atoms with Crippen molar-refractivity contribution >= 4 is 28.9 Å². The number of hydrazone groups is 1. The highest BCUT2D eigenvalue weighted by Crippen LogP contribution is 2.29. The molecule has 4 aromatic rings. The molecule has 0 saturated heterocycles. The summed E-state index contributed by atoms with van der Waals surface area (Å²) in [6, 6.07) is 25.1. The minimum Gasteiger partial charge on any atom is -0.494 e. The number of rotatable bonds is 10. The van der Waals surface area contributed by atoms with Crippen molar-refractivity contribution in [3.05, 3.63) is 96.1 Å². The summed E-state index contributed by atoms with van der Waals surface area (Å²) in [6.07, 6.45) is 0.695. The van der Waals surface area contributed by atoms with Crippen molar-refractivity contribution in [1.29, 1.82) is 0 Å². The molecule has 0 unspecified atom stereocenters. The Kier molecular flexibility index (Phi) is 8.56. The van der Waals surface area contributed by atoms with Crippen LogP contribution in [-0.4, -0.2) is 37.9 Å². The first-order valence-electron chi connectivity index (χ1n) is 12.1. The molecule has 0 aliphatic heterocycles. The van der Waals surface area contributed by atoms with Crippen LogP contribution in [0.1, 0.15) is 29.8 Å². The van der Waals surface area contributed by atoms with Gasteiger partial charge in [-0.2, -0.15) is 5.10 Å². The molecule has 0 heterocycles. The second-order valence-electron chi connectivity index (χ2n) is 8.23. The van der Waals surface area contributed by atoms with Crippen LogP contribution in [0.2, 0.25) is 0 Å². The fourth-order valence-electron chi connectivity index (χ4n) is 3.67. The molecule has 0 bridgehead atoms. The van der Waals surface area contributed by atoms with E-state index in [4.69, 9.17) is 18.9 Å². The zero-order valence-electron chi connectivity index (χ0n) is 21.3. The number of nitrogens with one attached hydrogen (secondary N) is 1. The average molecular weight is 513 g/mol. The Labute approximate surface area is 220 Å². The standard InChI is InChI=1S/C30H28N2O6/c1-4-36-24-15-13-23(14-16-24)30(34)38-27-17-12-21(18-28(27)35-3)19-31-32-29(33)20(2)37-26-11-7-9-22-8-5-6-10-25(22)26/h5-20H,4H2,1-3H3,(H,32,33)/b31-19-/t20-/m0/s1. The molecule has 0 aliphatic carbocycles. The molecule has 38 heavy (non-hydrogen) atoms. The summed E-state index contributed by atoms with van der Waals surface area (Å²) in [7, 11) is 1.47. The van der Waals surface area contributed by atoms with Crippen LogP contribution in [-0.2, 0) is 4.79 Å². The minimum absolute atomic E-state index is 0.254. The van der Waals surface area contributed by atoms with Gasteiger partial charge in [-0.25, -0.2) is 10.2 Å². The minimum atomic E-state index is -0.767. The molecule has 0 radical (unpaired) electrons. The van der Waals surface area contributed by atoms with Crippen LogP contribution < -0.4 is 24.4 Å². The van der Waals surface area contributed by atoms with E-state index >= 15 is 0 Å². The van der Waals surface area contributed by atoms with Crippen molar-refractivity contribution in [3.63, 3.8) is 0 Å². The Morgan fingerprint density at radius 1 is 0.921 bits per heavy atom. The van der Waals surface area contributed by atoms with Crippen LogP contribution in [0.25, 0.3) is 10.8 Å². The molecule has 4 rings (SSSR count). The number of amides is 1. The molecule has 8 heteroatoms. The molecule has 0 spiro atoms. The molecule has 0 aliphatic rings. The monoisotopic (exact) mass is 512 g/mol. The van der Waals surface area contributed by atoms with Crippen molar-refractivity contribution < 1.29 is 28.5 Å². The molecule has 0 aromatic heterocycles. The van der Waals surface area contributed by atoms with Gasteiger partial charge in [-0.05, 0) is 73.3 Å². The highest BCUT2D eigenvalue weighted by atomic mass is 16.6. The number of hydrogen-bond acceptors (Lipinski definition) is 7. The molecule has 8 nitrogen and oxygen atoms in total. The lowest BCUT2D eigenvalue weighted by molar-refractivity contribution is -0.127. The topological polar surface area (TPSA) is 95.5 Å². The molecule has 1 amide bonds. The number of fused-ring (bicyclic) bond motifs is 1. The van der Waals surface area contributed by atoms with Crippen molar-refractivity contribution in [1.82, 2.24) is 5.43 Å². The quantitative estimate of drug-likeness (QED) is 0.133. The van der Waals surface area contributed by atoms with Crippen LogP contribution in [0.5, 0.6) is 23.0 Å². The maximum atomic E-state index is 12.5. The van der Waals surface area contributed by atoms with Gasteiger partial charge >= 0.3 is 5.97 Å². The summed E-state index contributed by atoms with van der Waals surface area (Å²) in [5.41, 5.74) is 3.50. The number of esters is 1. The lowest BCUT2D eigenvalue weighted by Gasteiger charge is -2.14. The second-order valence-corrected chi connectivity index (χ2v) is 8.23. The lowest BCUT2D eigenvalue weighted by atomic mass is 10.1. The number of carbonyl (C=O) groups excluding carboxylic acids is 2. The van der Waals surface area contributed by atoms with E-state index in [1.807, 2.05) is 49.4 Å². The zero-order chi connectivity index (χ0) is 26.9. The molecule has 4 aromatic carbocycles. The molecule has 1 N–H and O–H groups in total. The van der Waals surface area contributed by atoms with E-state index in [-0.39, 0.29) is 5.75 Å². The van der Waals surface area contributed by atoms with Crippen LogP contribution in [0.15, 0.2) is 90.0 Å². The lowest BCUT2D eigenvalue weighted by Crippen LogP contribution is -2.33. The summed E-state index contributed by atoms with van der Waals surface area (Å²) < 4.78 is 22.1. The Bertz CT molecular complexity index is 1440. The van der Waals surface area contributed by atoms with E-state index in [9.17, 15) is 9.59 Å². The Balaban J connectivity index is 1.36. The molecule has 0 fully saturated rings. The van der Waals surface area contributed by atoms with E-state index in [0.29, 0.717) is 35.0 Å². The van der Waals surface area contributed by atoms with Gasteiger partial charge in [-0.3, -0.25) is 4.79 Å². The predicted octanol–water partition coefficient (Wildman–Crippen LogP) is 5.38. The van der Waals surface area contributed by atoms with Gasteiger partial charge in [0.15, 0.2) is 17.6 Å². The third-order valence-electron chi connectivity index (χ3n) is 5.60. The Hall–Kier alpha value is -4.85. The number of methoxy groups -OCH3 is 1. The summed E-state index contributed by atoms with van der Waals surface area (Å²) in [4.78, 5) is 25.1. The first-order valence-corrected chi connectivity index (χ1v) is 12.1. The Morgan fingerprint density at radius 2 is 1.68 bits per heavy atom. The molecular formula is C30H28N2O6. The highest BCUT2D eigenvalue weighted by molar-refractivity contribution is 5.92. The third-order valence-corrected chi connectivity index (χ3v) is 5.60. The van der Waals surface area contributed by atoms with Gasteiger partial charge in [0, 0.05) is 5.39 Å². The molecular weight excluding hydrogens is 484 g/mol. The van der Waals surface area contributed by atoms with Gasteiger partial charge < -0.3 is 18.9 Å². The normalized spacial score (nSPS) is 11.7. The van der Waals surface area contributed by atoms with Crippen LogP contribution in [0, 0.1) is 0 Å². The number of benzene rings is 4. The van der Waals surface area contributed by atoms with Crippen molar-refractivity contribution in [2.75, 3.05) is 13.7 Å². The maximum absolute atomic E-state index is 12.5. The number of nitrogens with zero attached hydrogens (tertiary/aromatic N) is 1. The van der Waals surface area contributed by atoms with E-state index in [1.54, 1.807) is 49.4 Å². The van der Waals surface area contributed by atoms with Crippen molar-refractivity contribution in [2.24, 2.45) is 5.10 Å². The fourth-order valence-corrected chi connectivity index (χ4v) is 3.67. The Morgan fingerprint density at radius 3 is 2.45 bits per heavy atom. The van der Waals surface area contributed by atoms with E-state index < -0.39 is 18.0 Å². The van der Waals surface area contributed by atoms with Crippen molar-refractivity contribution in [3.8, 4) is 23.0 Å². The fraction of sp³-hybridized carbons (Fsp3) is 0.167. The zero-order valence-corrected chi connectivity index (χ0v) is 21.3. The third kappa shape index (κ3) is 6.47. The number of carbonyl (C=O) groups is 2. The summed E-state index contributed by atoms with van der Waals surface area (Å²) in [5.74, 6) is 0.959. The van der Waals surface area contributed by atoms with E-state index in [1.165, 1.54) is 13.3 Å². The van der Waals surface area contributed by atoms with Gasteiger partial charge in [0.2, 0.25) is 0 Å². The molecule has 0 saturated carbocycles. The maximum Gasteiger partial charge on any atom is 0.343 e. The first-order chi connectivity index (χ1) is 18.5. The van der Waals surface area contributed by atoms with Crippen LogP contribution >= 0.6 is 0 Å². The number of hydrogen-bond donors (Lipinski definition) is 1. The van der Waals surface area contributed by atoms with Crippen molar-refractivity contribution in [2.45, 2.75) is 20.0 Å². The first kappa shape index (κ1) is 26.2. The summed E-state index contributed by atoms with van der Waals surface area (Å²) >= 11 is 0. The van der Waals surface area contributed by atoms with Crippen LogP contribution in [0.4, 0.5) is 0 Å². The van der Waals surface area contributed by atoms with Gasteiger partial charge in [0.05, 0.1) is 25.5 Å².